The zero-order valence-electron chi connectivity index (χ0n) is 10.5. The Kier molecular flexibility index (Phi) is 2.89. The fraction of sp³-hybridized carbons (Fsp3) is 0.417. The first-order valence-corrected chi connectivity index (χ1v) is 5.54. The monoisotopic (exact) mass is 293 g/mol. The van der Waals surface area contributed by atoms with Crippen LogP contribution in [-0.2, 0) is 10.5 Å². The number of anilines is 1. The quantitative estimate of drug-likeness (QED) is 0.607. The van der Waals surface area contributed by atoms with Crippen LogP contribution in [0.5, 0.6) is 0 Å². The minimum Gasteiger partial charge on any atom is -0.355 e. The Bertz CT molecular complexity index is 585. The third-order valence-corrected chi connectivity index (χ3v) is 3.36. The molecule has 2 rings (SSSR count). The number of carbonyl (C=O) groups excluding carboxylic acids is 1. The van der Waals surface area contributed by atoms with Gasteiger partial charge in [0, 0.05) is 12.6 Å². The van der Waals surface area contributed by atoms with E-state index < -0.39 is 29.1 Å². The van der Waals surface area contributed by atoms with Gasteiger partial charge in [0.2, 0.25) is 0 Å². The molecule has 0 bridgehead atoms. The normalized spacial score (nSPS) is 23.2. The second-order valence-electron chi connectivity index (χ2n) is 4.71. The Balaban J connectivity index is 2.75. The largest absolute Gasteiger partial charge is 0.447 e. The smallest absolute Gasteiger partial charge is 0.355 e. The number of halogens is 4. The Morgan fingerprint density at radius 1 is 1.25 bits per heavy atom. The molecule has 20 heavy (non-hydrogen) atoms. The Hall–Kier alpha value is -1.67. The first-order valence-electron chi connectivity index (χ1n) is 5.54. The summed E-state index contributed by atoms with van der Waals surface area (Å²) in [5, 5.41) is 18.5. The van der Waals surface area contributed by atoms with E-state index in [2.05, 4.69) is 0 Å². The van der Waals surface area contributed by atoms with Crippen molar-refractivity contribution in [3.8, 4) is 0 Å². The lowest BCUT2D eigenvalue weighted by Crippen LogP contribution is -2.62. The summed E-state index contributed by atoms with van der Waals surface area (Å²) in [6.45, 7) is 1.48. The van der Waals surface area contributed by atoms with Gasteiger partial charge in [0.05, 0.1) is 5.69 Å². The molecule has 1 atom stereocenters. The van der Waals surface area contributed by atoms with Crippen LogP contribution in [0.4, 0.5) is 23.2 Å². The molecule has 0 saturated heterocycles. The molecule has 0 saturated carbocycles. The summed E-state index contributed by atoms with van der Waals surface area (Å²) < 4.78 is 52.9. The number of hydrogen-bond donors (Lipinski definition) is 2. The molecular formula is C12H11F4NO3. The van der Waals surface area contributed by atoms with Gasteiger partial charge in [0.1, 0.15) is 0 Å². The number of amides is 1. The molecule has 0 radical (unpaired) electrons. The highest BCUT2D eigenvalue weighted by Gasteiger charge is 2.74. The van der Waals surface area contributed by atoms with Crippen LogP contribution in [-0.4, -0.2) is 35.1 Å². The van der Waals surface area contributed by atoms with Crippen molar-refractivity contribution in [2.75, 3.05) is 11.9 Å². The average molecular weight is 293 g/mol. The highest BCUT2D eigenvalue weighted by atomic mass is 19.4. The van der Waals surface area contributed by atoms with Gasteiger partial charge >= 0.3 is 12.0 Å². The van der Waals surface area contributed by atoms with Gasteiger partial charge in [-0.2, -0.15) is 13.2 Å². The molecule has 1 aromatic carbocycles. The van der Waals surface area contributed by atoms with E-state index >= 15 is 0 Å². The molecule has 1 aromatic rings. The van der Waals surface area contributed by atoms with E-state index in [1.165, 1.54) is 19.1 Å². The summed E-state index contributed by atoms with van der Waals surface area (Å²) in [4.78, 5) is 12.4. The summed E-state index contributed by atoms with van der Waals surface area (Å²) in [6, 6.07) is 3.71. The lowest BCUT2D eigenvalue weighted by atomic mass is 9.87. The minimum atomic E-state index is -5.73. The van der Waals surface area contributed by atoms with E-state index in [1.807, 2.05) is 0 Å². The summed E-state index contributed by atoms with van der Waals surface area (Å²) in [6.07, 6.45) is -5.73. The number of alkyl halides is 4. The molecule has 110 valence electrons. The maximum absolute atomic E-state index is 14.8. The van der Waals surface area contributed by atoms with Crippen molar-refractivity contribution in [3.05, 3.63) is 29.3 Å². The van der Waals surface area contributed by atoms with E-state index in [9.17, 15) is 32.6 Å². The molecule has 1 unspecified atom stereocenters. The SMILES string of the molecule is Cc1ccc2c(c1)C(F)(C(O)(O)C(F)(F)F)C(=O)N2C. The van der Waals surface area contributed by atoms with Crippen molar-refractivity contribution in [2.45, 2.75) is 24.6 Å². The Labute approximate surface area is 111 Å². The average Bonchev–Trinajstić information content (AvgIpc) is 2.51. The van der Waals surface area contributed by atoms with Gasteiger partial charge in [-0.1, -0.05) is 17.7 Å². The molecule has 1 amide bonds. The summed E-state index contributed by atoms with van der Waals surface area (Å²) in [5.74, 6) is -6.50. The molecule has 0 aromatic heterocycles. The van der Waals surface area contributed by atoms with Gasteiger partial charge < -0.3 is 15.1 Å². The van der Waals surface area contributed by atoms with Gasteiger partial charge in [0.25, 0.3) is 11.6 Å². The van der Waals surface area contributed by atoms with E-state index in [1.54, 1.807) is 0 Å². The topological polar surface area (TPSA) is 60.8 Å². The molecule has 0 spiro atoms. The van der Waals surface area contributed by atoms with Gasteiger partial charge in [-0.25, -0.2) is 4.39 Å². The number of nitrogens with zero attached hydrogens (tertiary/aromatic N) is 1. The highest BCUT2D eigenvalue weighted by Crippen LogP contribution is 2.52. The third kappa shape index (κ3) is 1.58. The van der Waals surface area contributed by atoms with Crippen molar-refractivity contribution in [1.29, 1.82) is 0 Å². The van der Waals surface area contributed by atoms with Crippen molar-refractivity contribution in [3.63, 3.8) is 0 Å². The standard InChI is InChI=1S/C12H11F4NO3/c1-6-3-4-8-7(5-6)10(13,9(18)17(8)2)11(19,20)12(14,15)16/h3-5,19-20H,1-2H3. The van der Waals surface area contributed by atoms with Crippen LogP contribution in [0.2, 0.25) is 0 Å². The lowest BCUT2D eigenvalue weighted by molar-refractivity contribution is -0.387. The molecule has 0 fully saturated rings. The molecular weight excluding hydrogens is 282 g/mol. The van der Waals surface area contributed by atoms with Gasteiger partial charge in [-0.15, -0.1) is 0 Å². The van der Waals surface area contributed by atoms with Crippen LogP contribution in [0.15, 0.2) is 18.2 Å². The van der Waals surface area contributed by atoms with Crippen LogP contribution in [0.25, 0.3) is 0 Å². The van der Waals surface area contributed by atoms with Crippen molar-refractivity contribution in [1.82, 2.24) is 0 Å². The van der Waals surface area contributed by atoms with Crippen LogP contribution in [0.3, 0.4) is 0 Å². The van der Waals surface area contributed by atoms with Crippen LogP contribution in [0.1, 0.15) is 11.1 Å². The van der Waals surface area contributed by atoms with E-state index in [-0.39, 0.29) is 5.69 Å². The Morgan fingerprint density at radius 2 is 1.80 bits per heavy atom. The number of carbonyl (C=O) groups is 1. The summed E-state index contributed by atoms with van der Waals surface area (Å²) in [7, 11) is 1.06. The van der Waals surface area contributed by atoms with Gasteiger partial charge in [-0.3, -0.25) is 4.79 Å². The maximum Gasteiger partial charge on any atom is 0.447 e. The fourth-order valence-corrected chi connectivity index (χ4v) is 2.21. The molecule has 1 aliphatic rings. The zero-order chi connectivity index (χ0) is 15.5. The first-order chi connectivity index (χ1) is 8.94. The van der Waals surface area contributed by atoms with Crippen LogP contribution < -0.4 is 4.90 Å². The summed E-state index contributed by atoms with van der Waals surface area (Å²) in [5.41, 5.74) is -4.47. The highest BCUT2D eigenvalue weighted by molar-refractivity contribution is 6.07. The second-order valence-corrected chi connectivity index (χ2v) is 4.71. The third-order valence-electron chi connectivity index (χ3n) is 3.36. The molecule has 1 aliphatic heterocycles. The number of aliphatic hydroxyl groups is 2. The van der Waals surface area contributed by atoms with Crippen molar-refractivity contribution >= 4 is 11.6 Å². The van der Waals surface area contributed by atoms with Crippen molar-refractivity contribution < 1.29 is 32.6 Å². The molecule has 4 nitrogen and oxygen atoms in total. The number of aryl methyl sites for hydroxylation is 1. The van der Waals surface area contributed by atoms with Crippen LogP contribution in [0, 0.1) is 6.92 Å². The number of likely N-dealkylation sites (N-methyl/N-ethyl adjacent to an activating group) is 1. The predicted octanol–water partition coefficient (Wildman–Crippen LogP) is 1.38. The predicted molar refractivity (Wildman–Crippen MR) is 60.6 cm³/mol. The van der Waals surface area contributed by atoms with Gasteiger partial charge in [0.15, 0.2) is 0 Å². The number of benzene rings is 1. The van der Waals surface area contributed by atoms with E-state index in [0.717, 1.165) is 13.1 Å². The van der Waals surface area contributed by atoms with Crippen LogP contribution >= 0.6 is 0 Å². The summed E-state index contributed by atoms with van der Waals surface area (Å²) >= 11 is 0. The number of hydrogen-bond acceptors (Lipinski definition) is 3. The minimum absolute atomic E-state index is 0.139. The number of fused-ring (bicyclic) bond motifs is 1. The second kappa shape index (κ2) is 3.92. The molecule has 2 N–H and O–H groups in total. The first kappa shape index (κ1) is 14.7. The molecule has 1 heterocycles. The van der Waals surface area contributed by atoms with E-state index in [0.29, 0.717) is 10.5 Å². The van der Waals surface area contributed by atoms with Gasteiger partial charge in [-0.05, 0) is 13.0 Å². The van der Waals surface area contributed by atoms with Crippen molar-refractivity contribution in [2.24, 2.45) is 0 Å². The lowest BCUT2D eigenvalue weighted by Gasteiger charge is -2.34. The maximum atomic E-state index is 14.8. The zero-order valence-corrected chi connectivity index (χ0v) is 10.5. The molecule has 8 heteroatoms. The Morgan fingerprint density at radius 3 is 2.30 bits per heavy atom. The molecule has 0 aliphatic carbocycles. The van der Waals surface area contributed by atoms with E-state index in [4.69, 9.17) is 0 Å². The number of rotatable bonds is 1. The fourth-order valence-electron chi connectivity index (χ4n) is 2.21.